The number of methoxy groups -OCH3 is 1. The van der Waals surface area contributed by atoms with Crippen LogP contribution in [0, 0.1) is 0 Å². The van der Waals surface area contributed by atoms with Crippen molar-refractivity contribution >= 4 is 5.91 Å². The van der Waals surface area contributed by atoms with Crippen molar-refractivity contribution < 1.29 is 27.6 Å². The van der Waals surface area contributed by atoms with Crippen molar-refractivity contribution in [3.8, 4) is 34.3 Å². The average Bonchev–Trinajstić information content (AvgIpc) is 3.17. The highest BCUT2D eigenvalue weighted by atomic mass is 19.3. The van der Waals surface area contributed by atoms with Gasteiger partial charge in [0.1, 0.15) is 0 Å². The number of carbonyl (C=O) groups excluding carboxylic acids is 1. The van der Waals surface area contributed by atoms with Crippen molar-refractivity contribution in [1.29, 1.82) is 0 Å². The topological polar surface area (TPSA) is 77.7 Å². The molecule has 3 aromatic rings. The highest BCUT2D eigenvalue weighted by molar-refractivity contribution is 5.94. The lowest BCUT2D eigenvalue weighted by Crippen LogP contribution is -2.21. The van der Waals surface area contributed by atoms with Gasteiger partial charge < -0.3 is 18.9 Å². The van der Waals surface area contributed by atoms with E-state index >= 15 is 0 Å². The number of ether oxygens (including phenoxy) is 2. The molecular formula is C19H17F2N3O4. The van der Waals surface area contributed by atoms with Crippen LogP contribution >= 0.6 is 0 Å². The number of halogens is 2. The van der Waals surface area contributed by atoms with E-state index in [1.54, 1.807) is 38.4 Å². The summed E-state index contributed by atoms with van der Waals surface area (Å²) in [5.41, 5.74) is 1.56. The largest absolute Gasteiger partial charge is 0.493 e. The lowest BCUT2D eigenvalue weighted by Gasteiger charge is -2.10. The van der Waals surface area contributed by atoms with Crippen LogP contribution in [-0.2, 0) is 0 Å². The molecule has 0 bridgehead atoms. The van der Waals surface area contributed by atoms with Crippen LogP contribution < -0.4 is 9.47 Å². The third-order valence-electron chi connectivity index (χ3n) is 3.83. The molecule has 0 saturated carbocycles. The molecule has 9 heteroatoms. The Hall–Kier alpha value is -3.49. The maximum absolute atomic E-state index is 12.4. The molecule has 1 aromatic heterocycles. The summed E-state index contributed by atoms with van der Waals surface area (Å²) in [4.78, 5) is 17.9. The highest BCUT2D eigenvalue weighted by Gasteiger charge is 2.16. The molecule has 0 aliphatic carbocycles. The van der Waals surface area contributed by atoms with E-state index in [4.69, 9.17) is 9.26 Å². The molecule has 0 spiro atoms. The fraction of sp³-hybridized carbons (Fsp3) is 0.211. The highest BCUT2D eigenvalue weighted by Crippen LogP contribution is 2.33. The minimum absolute atomic E-state index is 0.0973. The Morgan fingerprint density at radius 3 is 2.57 bits per heavy atom. The van der Waals surface area contributed by atoms with Crippen LogP contribution in [0.2, 0.25) is 0 Å². The third kappa shape index (κ3) is 4.08. The zero-order chi connectivity index (χ0) is 20.3. The maximum Gasteiger partial charge on any atom is 0.387 e. The van der Waals surface area contributed by atoms with Gasteiger partial charge in [-0.25, -0.2) is 0 Å². The number of rotatable bonds is 6. The molecule has 146 valence electrons. The van der Waals surface area contributed by atoms with E-state index < -0.39 is 6.61 Å². The number of hydrogen-bond acceptors (Lipinski definition) is 6. The SMILES string of the molecule is COc1cc(-c2noc(-c3cccc(C(=O)N(C)C)c3)n2)ccc1OC(F)F. The van der Waals surface area contributed by atoms with Crippen molar-refractivity contribution in [2.24, 2.45) is 0 Å². The molecule has 0 fully saturated rings. The van der Waals surface area contributed by atoms with Gasteiger partial charge in [-0.15, -0.1) is 0 Å². The predicted octanol–water partition coefficient (Wildman–Crippen LogP) is 3.72. The second kappa shape index (κ2) is 8.03. The van der Waals surface area contributed by atoms with Crippen LogP contribution in [0.1, 0.15) is 10.4 Å². The molecule has 0 radical (unpaired) electrons. The van der Waals surface area contributed by atoms with Crippen LogP contribution in [0.3, 0.4) is 0 Å². The molecule has 1 amide bonds. The summed E-state index contributed by atoms with van der Waals surface area (Å²) in [6.07, 6.45) is 0. The normalized spacial score (nSPS) is 10.8. The fourth-order valence-corrected chi connectivity index (χ4v) is 2.50. The van der Waals surface area contributed by atoms with Gasteiger partial charge in [0, 0.05) is 30.8 Å². The quantitative estimate of drug-likeness (QED) is 0.640. The first-order valence-corrected chi connectivity index (χ1v) is 8.18. The first-order valence-electron chi connectivity index (χ1n) is 8.18. The summed E-state index contributed by atoms with van der Waals surface area (Å²) in [7, 11) is 4.66. The van der Waals surface area contributed by atoms with Crippen LogP contribution in [0.5, 0.6) is 11.5 Å². The third-order valence-corrected chi connectivity index (χ3v) is 3.83. The minimum Gasteiger partial charge on any atom is -0.493 e. The Morgan fingerprint density at radius 2 is 1.89 bits per heavy atom. The Morgan fingerprint density at radius 1 is 1.11 bits per heavy atom. The summed E-state index contributed by atoms with van der Waals surface area (Å²) in [5.74, 6) is 0.319. The second-order valence-electron chi connectivity index (χ2n) is 5.95. The Kier molecular flexibility index (Phi) is 5.53. The maximum atomic E-state index is 12.4. The van der Waals surface area contributed by atoms with Gasteiger partial charge >= 0.3 is 6.61 Å². The number of carbonyl (C=O) groups is 1. The number of amides is 1. The molecule has 0 atom stereocenters. The van der Waals surface area contributed by atoms with E-state index in [1.807, 2.05) is 0 Å². The van der Waals surface area contributed by atoms with Crippen LogP contribution in [0.4, 0.5) is 8.78 Å². The summed E-state index contributed by atoms with van der Waals surface area (Å²) in [6, 6.07) is 11.1. The van der Waals surface area contributed by atoms with E-state index in [9.17, 15) is 13.6 Å². The summed E-state index contributed by atoms with van der Waals surface area (Å²) >= 11 is 0. The Labute approximate surface area is 159 Å². The molecule has 0 aliphatic heterocycles. The molecule has 1 heterocycles. The van der Waals surface area contributed by atoms with Crippen molar-refractivity contribution in [2.75, 3.05) is 21.2 Å². The number of benzene rings is 2. The molecule has 7 nitrogen and oxygen atoms in total. The van der Waals surface area contributed by atoms with Gasteiger partial charge in [0.25, 0.3) is 11.8 Å². The fourth-order valence-electron chi connectivity index (χ4n) is 2.50. The molecule has 0 aliphatic rings. The Bertz CT molecular complexity index is 989. The molecule has 0 unspecified atom stereocenters. The van der Waals surface area contributed by atoms with E-state index in [1.165, 1.54) is 30.2 Å². The number of hydrogen-bond donors (Lipinski definition) is 0. The van der Waals surface area contributed by atoms with Crippen LogP contribution in [0.25, 0.3) is 22.8 Å². The van der Waals surface area contributed by atoms with E-state index in [2.05, 4.69) is 14.9 Å². The first-order chi connectivity index (χ1) is 13.4. The Balaban J connectivity index is 1.90. The molecule has 0 N–H and O–H groups in total. The van der Waals surface area contributed by atoms with Crippen molar-refractivity contribution in [1.82, 2.24) is 15.0 Å². The van der Waals surface area contributed by atoms with Crippen LogP contribution in [0.15, 0.2) is 47.0 Å². The lowest BCUT2D eigenvalue weighted by atomic mass is 10.1. The van der Waals surface area contributed by atoms with Gasteiger partial charge in [-0.05, 0) is 36.4 Å². The predicted molar refractivity (Wildman–Crippen MR) is 96.4 cm³/mol. The molecule has 2 aromatic carbocycles. The van der Waals surface area contributed by atoms with Gasteiger partial charge in [0.2, 0.25) is 5.82 Å². The summed E-state index contributed by atoms with van der Waals surface area (Å²) < 4.78 is 39.7. The molecule has 3 rings (SSSR count). The number of nitrogens with zero attached hydrogens (tertiary/aromatic N) is 3. The van der Waals surface area contributed by atoms with Crippen LogP contribution in [-0.4, -0.2) is 48.8 Å². The number of alkyl halides is 2. The average molecular weight is 389 g/mol. The van der Waals surface area contributed by atoms with Gasteiger partial charge in [-0.3, -0.25) is 4.79 Å². The zero-order valence-electron chi connectivity index (χ0n) is 15.3. The first kappa shape index (κ1) is 19.3. The second-order valence-corrected chi connectivity index (χ2v) is 5.95. The van der Waals surface area contributed by atoms with Gasteiger partial charge in [-0.2, -0.15) is 13.8 Å². The summed E-state index contributed by atoms with van der Waals surface area (Å²) in [6.45, 7) is -2.96. The van der Waals surface area contributed by atoms with E-state index in [0.717, 1.165) is 0 Å². The van der Waals surface area contributed by atoms with Gasteiger partial charge in [0.15, 0.2) is 11.5 Å². The molecular weight excluding hydrogens is 372 g/mol. The van der Waals surface area contributed by atoms with Gasteiger partial charge in [0.05, 0.1) is 7.11 Å². The van der Waals surface area contributed by atoms with E-state index in [-0.39, 0.29) is 29.1 Å². The lowest BCUT2D eigenvalue weighted by molar-refractivity contribution is -0.0512. The van der Waals surface area contributed by atoms with Crippen molar-refractivity contribution in [3.05, 3.63) is 48.0 Å². The monoisotopic (exact) mass is 389 g/mol. The molecule has 0 saturated heterocycles. The van der Waals surface area contributed by atoms with Gasteiger partial charge in [-0.1, -0.05) is 11.2 Å². The zero-order valence-corrected chi connectivity index (χ0v) is 15.3. The minimum atomic E-state index is -2.96. The van der Waals surface area contributed by atoms with Crippen molar-refractivity contribution in [3.63, 3.8) is 0 Å². The number of aromatic nitrogens is 2. The summed E-state index contributed by atoms with van der Waals surface area (Å²) in [5, 5.41) is 3.91. The standard InChI is InChI=1S/C19H17F2N3O4/c1-24(2)18(25)13-6-4-5-12(9-13)17-22-16(23-28-17)11-7-8-14(27-19(20)21)15(10-11)26-3/h4-10,19H,1-3H3. The van der Waals surface area contributed by atoms with Crippen molar-refractivity contribution in [2.45, 2.75) is 6.61 Å². The molecule has 28 heavy (non-hydrogen) atoms. The smallest absolute Gasteiger partial charge is 0.387 e. The van der Waals surface area contributed by atoms with E-state index in [0.29, 0.717) is 16.7 Å².